The number of carbonyl (C=O) groups excluding carboxylic acids is 2. The summed E-state index contributed by atoms with van der Waals surface area (Å²) in [5, 5.41) is 23.2. The van der Waals surface area contributed by atoms with Crippen LogP contribution in [0.15, 0.2) is 12.2 Å². The van der Waals surface area contributed by atoms with E-state index in [-0.39, 0.29) is 18.5 Å². The van der Waals surface area contributed by atoms with Gasteiger partial charge in [-0.05, 0) is 51.4 Å². The van der Waals surface area contributed by atoms with E-state index in [0.29, 0.717) is 25.9 Å². The summed E-state index contributed by atoms with van der Waals surface area (Å²) in [4.78, 5) is 24.4. The second-order valence-corrected chi connectivity index (χ2v) is 19.6. The van der Waals surface area contributed by atoms with E-state index in [2.05, 4.69) is 31.3 Å². The largest absolute Gasteiger partial charge is 0.466 e. The first-order chi connectivity index (χ1) is 31.0. The fraction of sp³-hybridized carbons (Fsp3) is 0.930. The lowest BCUT2D eigenvalue weighted by atomic mass is 10.0. The lowest BCUT2D eigenvalue weighted by molar-refractivity contribution is -0.143. The molecule has 0 aromatic heterocycles. The Morgan fingerprint density at radius 3 is 1.16 bits per heavy atom. The number of rotatable bonds is 53. The minimum Gasteiger partial charge on any atom is -0.466 e. The Morgan fingerprint density at radius 1 is 0.429 bits per heavy atom. The molecule has 0 saturated carbocycles. The molecule has 0 radical (unpaired) electrons. The molecule has 0 fully saturated rings. The first-order valence-corrected chi connectivity index (χ1v) is 28.4. The molecule has 0 aliphatic rings. The minimum atomic E-state index is -0.661. The summed E-state index contributed by atoms with van der Waals surface area (Å²) in [5.41, 5.74) is 0. The summed E-state index contributed by atoms with van der Waals surface area (Å²) in [7, 11) is 0. The predicted molar refractivity (Wildman–Crippen MR) is 273 cm³/mol. The molecule has 6 heteroatoms. The molecule has 0 bridgehead atoms. The highest BCUT2D eigenvalue weighted by Crippen LogP contribution is 2.17. The molecular formula is C57H111NO5. The van der Waals surface area contributed by atoms with Gasteiger partial charge in [-0.1, -0.05) is 264 Å². The van der Waals surface area contributed by atoms with Crippen LogP contribution >= 0.6 is 0 Å². The molecular weight excluding hydrogens is 779 g/mol. The van der Waals surface area contributed by atoms with Crippen LogP contribution < -0.4 is 5.32 Å². The fourth-order valence-electron chi connectivity index (χ4n) is 8.93. The molecule has 0 heterocycles. The topological polar surface area (TPSA) is 95.9 Å². The fourth-order valence-corrected chi connectivity index (χ4v) is 8.93. The van der Waals surface area contributed by atoms with Gasteiger partial charge >= 0.3 is 5.97 Å². The second kappa shape index (κ2) is 53.2. The second-order valence-electron chi connectivity index (χ2n) is 19.6. The molecule has 2 unspecified atom stereocenters. The van der Waals surface area contributed by atoms with Crippen LogP contribution in [0.3, 0.4) is 0 Å². The Morgan fingerprint density at radius 2 is 0.746 bits per heavy atom. The van der Waals surface area contributed by atoms with Gasteiger partial charge in [0.2, 0.25) is 5.91 Å². The highest BCUT2D eigenvalue weighted by molar-refractivity contribution is 5.76. The van der Waals surface area contributed by atoms with Gasteiger partial charge in [-0.2, -0.15) is 0 Å². The Hall–Kier alpha value is -1.40. The van der Waals surface area contributed by atoms with Gasteiger partial charge in [0.1, 0.15) is 0 Å². The Kier molecular flexibility index (Phi) is 52.0. The number of hydrogen-bond acceptors (Lipinski definition) is 5. The quantitative estimate of drug-likeness (QED) is 0.0321. The van der Waals surface area contributed by atoms with Crippen molar-refractivity contribution < 1.29 is 24.5 Å². The van der Waals surface area contributed by atoms with Crippen LogP contribution in [0.5, 0.6) is 0 Å². The summed E-state index contributed by atoms with van der Waals surface area (Å²) in [6, 6.07) is -0.538. The van der Waals surface area contributed by atoms with Crippen molar-refractivity contribution in [2.75, 3.05) is 13.2 Å². The Balaban J connectivity index is 3.35. The van der Waals surface area contributed by atoms with Crippen molar-refractivity contribution in [2.24, 2.45) is 0 Å². The van der Waals surface area contributed by atoms with Gasteiger partial charge < -0.3 is 20.3 Å². The molecule has 0 aromatic carbocycles. The van der Waals surface area contributed by atoms with E-state index in [0.717, 1.165) is 44.9 Å². The van der Waals surface area contributed by atoms with E-state index in [9.17, 15) is 19.8 Å². The highest BCUT2D eigenvalue weighted by atomic mass is 16.5. The maximum Gasteiger partial charge on any atom is 0.305 e. The van der Waals surface area contributed by atoms with Crippen LogP contribution in [0.4, 0.5) is 0 Å². The van der Waals surface area contributed by atoms with E-state index >= 15 is 0 Å². The number of aliphatic hydroxyl groups excluding tert-OH is 2. The smallest absolute Gasteiger partial charge is 0.305 e. The summed E-state index contributed by atoms with van der Waals surface area (Å²) >= 11 is 0. The molecule has 0 saturated heterocycles. The van der Waals surface area contributed by atoms with Gasteiger partial charge in [0.15, 0.2) is 0 Å². The highest BCUT2D eigenvalue weighted by Gasteiger charge is 2.20. The van der Waals surface area contributed by atoms with E-state index in [1.54, 1.807) is 0 Å². The van der Waals surface area contributed by atoms with Gasteiger partial charge in [0, 0.05) is 12.8 Å². The average molecular weight is 891 g/mol. The molecule has 0 spiro atoms. The van der Waals surface area contributed by atoms with Gasteiger partial charge in [-0.25, -0.2) is 0 Å². The monoisotopic (exact) mass is 890 g/mol. The van der Waals surface area contributed by atoms with Crippen LogP contribution in [0, 0.1) is 0 Å². The standard InChI is InChI=1S/C57H111NO5/c1-3-5-7-9-11-13-15-31-35-39-43-47-51-57(62)63-52-48-44-40-36-32-28-26-24-22-20-18-16-17-19-21-23-25-27-30-34-38-42-46-50-56(61)58-54(53-59)55(60)49-45-41-37-33-29-14-12-10-8-6-4-2/h11,13,54-55,59-60H,3-10,12,14-53H2,1-2H3,(H,58,61)/b13-11-. The predicted octanol–water partition coefficient (Wildman–Crippen LogP) is 17.3. The van der Waals surface area contributed by atoms with Crippen molar-refractivity contribution in [3.8, 4) is 0 Å². The zero-order chi connectivity index (χ0) is 45.8. The Bertz CT molecular complexity index is 939. The molecule has 6 nitrogen and oxygen atoms in total. The third-order valence-electron chi connectivity index (χ3n) is 13.3. The lowest BCUT2D eigenvalue weighted by Crippen LogP contribution is -2.45. The van der Waals surface area contributed by atoms with Crippen molar-refractivity contribution in [3.63, 3.8) is 0 Å². The maximum absolute atomic E-state index is 12.4. The molecule has 0 aliphatic carbocycles. The summed E-state index contributed by atoms with van der Waals surface area (Å²) in [6.07, 6.45) is 62.1. The molecule has 1 amide bonds. The van der Waals surface area contributed by atoms with Gasteiger partial charge in [-0.3, -0.25) is 9.59 Å². The van der Waals surface area contributed by atoms with Gasteiger partial charge in [0.05, 0.1) is 25.4 Å². The third-order valence-corrected chi connectivity index (χ3v) is 13.3. The lowest BCUT2D eigenvalue weighted by Gasteiger charge is -2.22. The van der Waals surface area contributed by atoms with Crippen LogP contribution in [0.2, 0.25) is 0 Å². The maximum atomic E-state index is 12.4. The number of carbonyl (C=O) groups is 2. The molecule has 3 N–H and O–H groups in total. The summed E-state index contributed by atoms with van der Waals surface area (Å²) < 4.78 is 5.46. The number of aliphatic hydroxyl groups is 2. The number of amides is 1. The number of hydrogen-bond donors (Lipinski definition) is 3. The third kappa shape index (κ3) is 49.9. The van der Waals surface area contributed by atoms with Crippen LogP contribution in [0.25, 0.3) is 0 Å². The van der Waals surface area contributed by atoms with Crippen LogP contribution in [-0.4, -0.2) is 47.4 Å². The number of allylic oxidation sites excluding steroid dienone is 2. The minimum absolute atomic E-state index is 0.00449. The zero-order valence-corrected chi connectivity index (χ0v) is 42.6. The average Bonchev–Trinajstić information content (AvgIpc) is 3.28. The molecule has 374 valence electrons. The zero-order valence-electron chi connectivity index (χ0n) is 42.6. The normalized spacial score (nSPS) is 12.6. The molecule has 2 atom stereocenters. The summed E-state index contributed by atoms with van der Waals surface area (Å²) in [5.74, 6) is -0.0300. The van der Waals surface area contributed by atoms with Crippen LogP contribution in [-0.2, 0) is 14.3 Å². The number of esters is 1. The molecule has 0 aromatic rings. The first kappa shape index (κ1) is 61.6. The number of ether oxygens (including phenoxy) is 1. The van der Waals surface area contributed by atoms with E-state index < -0.39 is 12.1 Å². The van der Waals surface area contributed by atoms with E-state index in [1.165, 1.54) is 238 Å². The summed E-state index contributed by atoms with van der Waals surface area (Å²) in [6.45, 7) is 4.93. The SMILES string of the molecule is CCCCC/C=C\CCCCCCCC(=O)OCCCCCCCCCCCCCCCCCCCCCCCCCC(=O)NC(CO)C(O)CCCCCCCCCCCCC. The van der Waals surface area contributed by atoms with Crippen LogP contribution in [0.1, 0.15) is 316 Å². The molecule has 0 rings (SSSR count). The first-order valence-electron chi connectivity index (χ1n) is 28.4. The van der Waals surface area contributed by atoms with Crippen molar-refractivity contribution >= 4 is 11.9 Å². The molecule has 0 aliphatic heterocycles. The van der Waals surface area contributed by atoms with E-state index in [1.807, 2.05) is 0 Å². The Labute approximate surface area is 393 Å². The van der Waals surface area contributed by atoms with Crippen molar-refractivity contribution in [1.29, 1.82) is 0 Å². The molecule has 63 heavy (non-hydrogen) atoms. The van der Waals surface area contributed by atoms with E-state index in [4.69, 9.17) is 4.74 Å². The van der Waals surface area contributed by atoms with Crippen molar-refractivity contribution in [2.45, 2.75) is 328 Å². The van der Waals surface area contributed by atoms with Gasteiger partial charge in [-0.15, -0.1) is 0 Å². The van der Waals surface area contributed by atoms with Crippen molar-refractivity contribution in [3.05, 3.63) is 12.2 Å². The van der Waals surface area contributed by atoms with Gasteiger partial charge in [0.25, 0.3) is 0 Å². The van der Waals surface area contributed by atoms with Crippen molar-refractivity contribution in [1.82, 2.24) is 5.32 Å². The number of unbranched alkanes of at least 4 members (excludes halogenated alkanes) is 40. The number of nitrogens with one attached hydrogen (secondary N) is 1.